The first-order valence-corrected chi connectivity index (χ1v) is 12.6. The minimum absolute atomic E-state index is 0.160. The van der Waals surface area contributed by atoms with Crippen LogP contribution in [0.5, 0.6) is 11.5 Å². The second-order valence-electron chi connectivity index (χ2n) is 8.89. The monoisotopic (exact) mass is 583 g/mol. The van der Waals surface area contributed by atoms with Gasteiger partial charge >= 0.3 is 6.18 Å². The number of alkyl halides is 3. The lowest BCUT2D eigenvalue weighted by atomic mass is 10.0. The van der Waals surface area contributed by atoms with Crippen molar-refractivity contribution in [3.63, 3.8) is 0 Å². The molecule has 13 heteroatoms. The molecule has 0 fully saturated rings. The number of rotatable bonds is 2. The van der Waals surface area contributed by atoms with E-state index in [0.717, 1.165) is 34.6 Å². The molecule has 0 spiro atoms. The van der Waals surface area contributed by atoms with Gasteiger partial charge in [0.05, 0.1) is 6.20 Å². The Morgan fingerprint density at radius 1 is 0.976 bits per heavy atom. The quantitative estimate of drug-likeness (QED) is 0.231. The molecular weight excluding hydrogens is 563 g/mol. The van der Waals surface area contributed by atoms with Gasteiger partial charge in [-0.15, -0.1) is 0 Å². The number of hydrogen-bond donors (Lipinski definition) is 3. The average Bonchev–Trinajstić information content (AvgIpc) is 3.43. The van der Waals surface area contributed by atoms with E-state index in [1.165, 1.54) is 0 Å². The number of carbonyl (C=O) groups is 2. The number of aryl methyl sites for hydroxylation is 2. The van der Waals surface area contributed by atoms with E-state index in [4.69, 9.17) is 25.9 Å². The minimum atomic E-state index is -4.64. The Kier molecular flexibility index (Phi) is 7.92. The number of aromatic nitrogens is 2. The molecule has 3 heterocycles. The van der Waals surface area contributed by atoms with Gasteiger partial charge in [0, 0.05) is 22.6 Å². The third-order valence-corrected chi connectivity index (χ3v) is 6.27. The van der Waals surface area contributed by atoms with E-state index in [2.05, 4.69) is 38.1 Å². The van der Waals surface area contributed by atoms with Crippen molar-refractivity contribution in [1.29, 1.82) is 0 Å². The third kappa shape index (κ3) is 7.03. The number of aldehydes is 1. The summed E-state index contributed by atoms with van der Waals surface area (Å²) in [5, 5.41) is 9.96. The van der Waals surface area contributed by atoms with Crippen LogP contribution in [0.25, 0.3) is 0 Å². The van der Waals surface area contributed by atoms with Crippen LogP contribution in [0.3, 0.4) is 0 Å². The summed E-state index contributed by atoms with van der Waals surface area (Å²) in [5.74, 6) is 1.91. The Morgan fingerprint density at radius 2 is 1.76 bits per heavy atom. The van der Waals surface area contributed by atoms with Crippen LogP contribution >= 0.6 is 11.6 Å². The molecule has 4 aromatic rings. The van der Waals surface area contributed by atoms with Crippen molar-refractivity contribution in [2.75, 3.05) is 22.7 Å². The van der Waals surface area contributed by atoms with E-state index in [9.17, 15) is 18.0 Å². The van der Waals surface area contributed by atoms with Crippen molar-refractivity contribution < 1.29 is 32.2 Å². The lowest BCUT2D eigenvalue weighted by Gasteiger charge is -2.15. The molecule has 0 saturated carbocycles. The Morgan fingerprint density at radius 3 is 2.56 bits per heavy atom. The maximum Gasteiger partial charge on any atom is 0.446 e. The lowest BCUT2D eigenvalue weighted by Crippen LogP contribution is -2.14. The van der Waals surface area contributed by atoms with E-state index in [-0.39, 0.29) is 12.7 Å². The zero-order valence-electron chi connectivity index (χ0n) is 21.1. The first-order valence-electron chi connectivity index (χ1n) is 12.2. The summed E-state index contributed by atoms with van der Waals surface area (Å²) < 4.78 is 42.0. The van der Waals surface area contributed by atoms with Crippen LogP contribution in [-0.2, 0) is 17.6 Å². The second kappa shape index (κ2) is 11.7. The number of amides is 1. The summed E-state index contributed by atoms with van der Waals surface area (Å²) >= 11 is 6.35. The molecule has 0 aliphatic carbocycles. The van der Waals surface area contributed by atoms with Crippen LogP contribution in [0.1, 0.15) is 21.5 Å². The summed E-state index contributed by atoms with van der Waals surface area (Å²) in [6, 6.07) is 19.0. The number of anilines is 5. The highest BCUT2D eigenvalue weighted by Gasteiger charge is 2.25. The smallest absolute Gasteiger partial charge is 0.446 e. The molecule has 2 aliphatic rings. The van der Waals surface area contributed by atoms with Crippen molar-refractivity contribution in [2.24, 2.45) is 0 Å². The highest BCUT2D eigenvalue weighted by Crippen LogP contribution is 2.33. The molecule has 2 aliphatic heterocycles. The number of carbonyl (C=O) groups excluding carboxylic acids is 2. The number of hydrogen-bond acceptors (Lipinski definition) is 8. The largest absolute Gasteiger partial charge is 0.454 e. The molecule has 3 N–H and O–H groups in total. The zero-order valence-corrected chi connectivity index (χ0v) is 21.8. The number of nitrogens with one attached hydrogen (secondary N) is 3. The highest BCUT2D eigenvalue weighted by molar-refractivity contribution is 6.32. The molecule has 0 atom stereocenters. The molecule has 3 aromatic carbocycles. The van der Waals surface area contributed by atoms with Crippen LogP contribution in [0.4, 0.5) is 42.0 Å². The number of fused-ring (bicyclic) bond motifs is 7. The summed E-state index contributed by atoms with van der Waals surface area (Å²) in [6.45, 7) is 0.160. The first kappa shape index (κ1) is 27.7. The fourth-order valence-electron chi connectivity index (χ4n) is 4.10. The molecule has 0 saturated heterocycles. The van der Waals surface area contributed by atoms with Gasteiger partial charge in [0.25, 0.3) is 5.91 Å². The third-order valence-electron chi connectivity index (χ3n) is 5.99. The standard InChI is InChI=1S/C26H20ClN5O3.C2HF3O/c27-20-13-28-26-30-18-3-1-2-15(10-18)4-5-16-11-19(29-24(20)32-26)7-8-21(16)31-25(33)17-6-9-22-23(12-17)35-14-34-22;3-2(4,5)1-6/h1-3,6-13H,4-5,14H2,(H,31,33)(H2,28,29,30,32);1H. The molecular formula is C28H21ClF3N5O4. The van der Waals surface area contributed by atoms with Crippen molar-refractivity contribution in [3.8, 4) is 11.5 Å². The van der Waals surface area contributed by atoms with Gasteiger partial charge in [-0.3, -0.25) is 9.59 Å². The lowest BCUT2D eigenvalue weighted by molar-refractivity contribution is -0.156. The molecule has 1 amide bonds. The molecule has 210 valence electrons. The Balaban J connectivity index is 0.000000511. The molecule has 6 rings (SSSR count). The van der Waals surface area contributed by atoms with Gasteiger partial charge in [0.1, 0.15) is 5.02 Å². The fraction of sp³-hybridized carbons (Fsp3) is 0.143. The van der Waals surface area contributed by atoms with Crippen LogP contribution < -0.4 is 25.4 Å². The number of nitrogens with zero attached hydrogens (tertiary/aromatic N) is 2. The van der Waals surface area contributed by atoms with E-state index in [0.29, 0.717) is 40.3 Å². The predicted octanol–water partition coefficient (Wildman–Crippen LogP) is 6.44. The fourth-order valence-corrected chi connectivity index (χ4v) is 4.24. The van der Waals surface area contributed by atoms with E-state index < -0.39 is 12.5 Å². The van der Waals surface area contributed by atoms with Gasteiger partial charge in [-0.1, -0.05) is 23.7 Å². The Hall–Kier alpha value is -4.84. The minimum Gasteiger partial charge on any atom is -0.454 e. The van der Waals surface area contributed by atoms with E-state index >= 15 is 0 Å². The molecule has 6 bridgehead atoms. The molecule has 0 radical (unpaired) electrons. The van der Waals surface area contributed by atoms with Crippen molar-refractivity contribution in [1.82, 2.24) is 9.97 Å². The Bertz CT molecular complexity index is 1620. The second-order valence-corrected chi connectivity index (χ2v) is 9.30. The maximum atomic E-state index is 13.0. The van der Waals surface area contributed by atoms with Crippen molar-refractivity contribution in [2.45, 2.75) is 19.0 Å². The molecule has 9 nitrogen and oxygen atoms in total. The summed E-state index contributed by atoms with van der Waals surface area (Å²) in [5.41, 5.74) is 5.04. The van der Waals surface area contributed by atoms with Gasteiger partial charge in [-0.25, -0.2) is 4.98 Å². The average molecular weight is 584 g/mol. The SMILES string of the molecule is O=C(Nc1ccc2cc1CCc1cccc(c1)Nc1ncc(Cl)c(n1)N2)c1ccc2c(c1)OCO2.O=CC(F)(F)F. The number of benzene rings is 3. The van der Waals surface area contributed by atoms with Gasteiger partial charge in [-0.05, 0) is 72.5 Å². The van der Waals surface area contributed by atoms with Crippen LogP contribution in [0.2, 0.25) is 5.02 Å². The summed E-state index contributed by atoms with van der Waals surface area (Å²) in [4.78, 5) is 30.6. The van der Waals surface area contributed by atoms with Crippen LogP contribution in [-0.4, -0.2) is 35.1 Å². The van der Waals surface area contributed by atoms with Gasteiger partial charge in [0.2, 0.25) is 19.0 Å². The van der Waals surface area contributed by atoms with Crippen LogP contribution in [0.15, 0.2) is 66.9 Å². The highest BCUT2D eigenvalue weighted by atomic mass is 35.5. The maximum absolute atomic E-state index is 13.0. The Labute approximate surface area is 236 Å². The van der Waals surface area contributed by atoms with E-state index in [1.807, 2.05) is 30.3 Å². The van der Waals surface area contributed by atoms with Gasteiger partial charge in [-0.2, -0.15) is 18.2 Å². The van der Waals surface area contributed by atoms with E-state index in [1.54, 1.807) is 24.4 Å². The van der Waals surface area contributed by atoms with Gasteiger partial charge in [0.15, 0.2) is 17.3 Å². The van der Waals surface area contributed by atoms with Crippen LogP contribution in [0, 0.1) is 0 Å². The van der Waals surface area contributed by atoms with Crippen molar-refractivity contribution >= 4 is 52.6 Å². The number of ether oxygens (including phenoxy) is 2. The number of halogens is 4. The first-order chi connectivity index (χ1) is 19.7. The molecule has 41 heavy (non-hydrogen) atoms. The zero-order chi connectivity index (χ0) is 29.0. The summed E-state index contributed by atoms with van der Waals surface area (Å²) in [7, 11) is 0. The summed E-state index contributed by atoms with van der Waals surface area (Å²) in [6.07, 6.45) is -2.64. The predicted molar refractivity (Wildman–Crippen MR) is 147 cm³/mol. The normalized spacial score (nSPS) is 13.1. The topological polar surface area (TPSA) is 114 Å². The molecule has 0 unspecified atom stereocenters. The van der Waals surface area contributed by atoms with Gasteiger partial charge < -0.3 is 25.4 Å². The van der Waals surface area contributed by atoms with Crippen molar-refractivity contribution in [3.05, 3.63) is 88.6 Å². The molecule has 1 aromatic heterocycles.